The van der Waals surface area contributed by atoms with Crippen LogP contribution in [0.25, 0.3) is 0 Å². The van der Waals surface area contributed by atoms with Gasteiger partial charge in [-0.15, -0.1) is 0 Å². The van der Waals surface area contributed by atoms with Crippen molar-refractivity contribution < 1.29 is 34.3 Å². The van der Waals surface area contributed by atoms with Gasteiger partial charge < -0.3 is 34.3 Å². The second kappa shape index (κ2) is 5.25. The van der Waals surface area contributed by atoms with Crippen LogP contribution in [0, 0.1) is 0 Å². The second-order valence-corrected chi connectivity index (χ2v) is 5.44. The van der Waals surface area contributed by atoms with Gasteiger partial charge in [-0.1, -0.05) is 0 Å². The molecule has 2 aliphatic rings. The van der Waals surface area contributed by atoms with Crippen LogP contribution < -0.4 is 0 Å². The van der Waals surface area contributed by atoms with Crippen LogP contribution in [0.2, 0.25) is 0 Å². The minimum absolute atomic E-state index is 0.221. The molecule has 0 aromatic carbocycles. The lowest BCUT2D eigenvalue weighted by Gasteiger charge is -2.46. The van der Waals surface area contributed by atoms with Crippen LogP contribution in [-0.4, -0.2) is 71.6 Å². The molecule has 0 radical (unpaired) electrons. The van der Waals surface area contributed by atoms with E-state index in [9.17, 15) is 15.3 Å². The quantitative estimate of drug-likeness (QED) is 0.608. The molecule has 19 heavy (non-hydrogen) atoms. The molecular weight excluding hydrogens is 256 g/mol. The maximum absolute atomic E-state index is 10.4. The molecule has 2 rings (SSSR count). The number of methoxy groups -OCH3 is 1. The number of rotatable bonds is 3. The third kappa shape index (κ3) is 2.52. The molecule has 2 heterocycles. The Balaban J connectivity index is 2.32. The lowest BCUT2D eigenvalue weighted by atomic mass is 9.82. The van der Waals surface area contributed by atoms with Gasteiger partial charge in [0.25, 0.3) is 0 Å². The number of aliphatic hydroxyl groups is 3. The van der Waals surface area contributed by atoms with Gasteiger partial charge in [0.15, 0.2) is 12.1 Å². The first-order chi connectivity index (χ1) is 8.88. The van der Waals surface area contributed by atoms with E-state index >= 15 is 0 Å². The van der Waals surface area contributed by atoms with Gasteiger partial charge >= 0.3 is 0 Å². The van der Waals surface area contributed by atoms with Gasteiger partial charge in [0.1, 0.15) is 17.8 Å². The van der Waals surface area contributed by atoms with E-state index in [0.717, 1.165) is 0 Å². The van der Waals surface area contributed by atoms with Crippen molar-refractivity contribution >= 4 is 0 Å². The van der Waals surface area contributed by atoms with Crippen molar-refractivity contribution in [3.05, 3.63) is 0 Å². The van der Waals surface area contributed by atoms with E-state index in [4.69, 9.17) is 18.9 Å². The zero-order valence-corrected chi connectivity index (χ0v) is 11.4. The molecule has 2 fully saturated rings. The van der Waals surface area contributed by atoms with Gasteiger partial charge in [0, 0.05) is 13.5 Å². The lowest BCUT2D eigenvalue weighted by molar-refractivity contribution is -0.306. The van der Waals surface area contributed by atoms with E-state index in [1.165, 1.54) is 7.11 Å². The van der Waals surface area contributed by atoms with Crippen molar-refractivity contribution in [2.75, 3.05) is 20.3 Å². The molecule has 2 aliphatic heterocycles. The summed E-state index contributed by atoms with van der Waals surface area (Å²) in [6, 6.07) is 0. The molecule has 0 aromatic rings. The summed E-state index contributed by atoms with van der Waals surface area (Å²) >= 11 is 0. The Morgan fingerprint density at radius 2 is 1.95 bits per heavy atom. The third-order valence-corrected chi connectivity index (χ3v) is 3.64. The summed E-state index contributed by atoms with van der Waals surface area (Å²) in [5, 5.41) is 29.2. The standard InChI is InChI=1S/C12H22O7/c1-11(2)18-8(6-14)12(19-11)4-7(5-13)17-10(16-3)9(12)15/h7-10,13-15H,4-6H2,1-3H3/t7-,8-,9-,10-,12+/m0/s1. The lowest BCUT2D eigenvalue weighted by Crippen LogP contribution is -2.63. The van der Waals surface area contributed by atoms with E-state index in [-0.39, 0.29) is 19.6 Å². The average Bonchev–Trinajstić information content (AvgIpc) is 2.64. The normalized spacial score (nSPS) is 45.8. The van der Waals surface area contributed by atoms with E-state index in [0.29, 0.717) is 0 Å². The van der Waals surface area contributed by atoms with Gasteiger partial charge in [-0.25, -0.2) is 0 Å². The Morgan fingerprint density at radius 1 is 1.26 bits per heavy atom. The molecule has 7 heteroatoms. The third-order valence-electron chi connectivity index (χ3n) is 3.64. The first-order valence-electron chi connectivity index (χ1n) is 6.34. The van der Waals surface area contributed by atoms with E-state index in [2.05, 4.69) is 0 Å². The maximum atomic E-state index is 10.4. The fourth-order valence-corrected chi connectivity index (χ4v) is 2.92. The number of hydrogen-bond donors (Lipinski definition) is 3. The van der Waals surface area contributed by atoms with Gasteiger partial charge in [-0.05, 0) is 13.8 Å². The van der Waals surface area contributed by atoms with Crippen molar-refractivity contribution in [1.82, 2.24) is 0 Å². The topological polar surface area (TPSA) is 97.6 Å². The molecular formula is C12H22O7. The summed E-state index contributed by atoms with van der Waals surface area (Å²) in [5.41, 5.74) is -1.15. The molecule has 0 aliphatic carbocycles. The smallest absolute Gasteiger partial charge is 0.186 e. The summed E-state index contributed by atoms with van der Waals surface area (Å²) in [6.45, 7) is 2.90. The molecule has 5 atom stereocenters. The molecule has 2 saturated heterocycles. The maximum Gasteiger partial charge on any atom is 0.186 e. The van der Waals surface area contributed by atoms with Crippen LogP contribution in [0.5, 0.6) is 0 Å². The predicted molar refractivity (Wildman–Crippen MR) is 63.2 cm³/mol. The Hall–Kier alpha value is -0.280. The first-order valence-corrected chi connectivity index (χ1v) is 6.34. The Morgan fingerprint density at radius 3 is 2.47 bits per heavy atom. The fraction of sp³-hybridized carbons (Fsp3) is 1.00. The highest BCUT2D eigenvalue weighted by molar-refractivity contribution is 5.06. The van der Waals surface area contributed by atoms with Crippen LogP contribution in [0.1, 0.15) is 20.3 Å². The molecule has 7 nitrogen and oxygen atoms in total. The van der Waals surface area contributed by atoms with Crippen LogP contribution >= 0.6 is 0 Å². The van der Waals surface area contributed by atoms with Gasteiger partial charge in [-0.2, -0.15) is 0 Å². The Bertz CT molecular complexity index is 321. The molecule has 3 N–H and O–H groups in total. The van der Waals surface area contributed by atoms with E-state index in [1.807, 2.05) is 0 Å². The summed E-state index contributed by atoms with van der Waals surface area (Å²) < 4.78 is 22.0. The average molecular weight is 278 g/mol. The number of hydrogen-bond acceptors (Lipinski definition) is 7. The molecule has 0 bridgehead atoms. The van der Waals surface area contributed by atoms with Crippen molar-refractivity contribution in [3.8, 4) is 0 Å². The predicted octanol–water partition coefficient (Wildman–Crippen LogP) is -1.02. The molecule has 0 amide bonds. The van der Waals surface area contributed by atoms with Crippen LogP contribution in [-0.2, 0) is 18.9 Å². The van der Waals surface area contributed by atoms with Crippen LogP contribution in [0.15, 0.2) is 0 Å². The zero-order chi connectivity index (χ0) is 14.3. The SMILES string of the molecule is CO[C@H]1O[C@H](CO)C[C@]2(OC(C)(C)O[C@H]2CO)[C@H]1O. The minimum atomic E-state index is -1.15. The van der Waals surface area contributed by atoms with E-state index < -0.39 is 36.0 Å². The number of ether oxygens (including phenoxy) is 4. The van der Waals surface area contributed by atoms with Crippen molar-refractivity contribution in [1.29, 1.82) is 0 Å². The Kier molecular flexibility index (Phi) is 4.18. The summed E-state index contributed by atoms with van der Waals surface area (Å²) in [7, 11) is 1.40. The van der Waals surface area contributed by atoms with E-state index in [1.54, 1.807) is 13.8 Å². The zero-order valence-electron chi connectivity index (χ0n) is 11.4. The molecule has 112 valence electrons. The summed E-state index contributed by atoms with van der Waals surface area (Å²) in [4.78, 5) is 0. The summed E-state index contributed by atoms with van der Waals surface area (Å²) in [6.07, 6.45) is -3.07. The highest BCUT2D eigenvalue weighted by atomic mass is 16.8. The van der Waals surface area contributed by atoms with Crippen LogP contribution in [0.3, 0.4) is 0 Å². The highest BCUT2D eigenvalue weighted by Crippen LogP contribution is 2.45. The Labute approximate surface area is 112 Å². The van der Waals surface area contributed by atoms with Crippen LogP contribution in [0.4, 0.5) is 0 Å². The van der Waals surface area contributed by atoms with Crippen molar-refractivity contribution in [2.45, 2.75) is 56.3 Å². The highest BCUT2D eigenvalue weighted by Gasteiger charge is 2.62. The van der Waals surface area contributed by atoms with Gasteiger partial charge in [-0.3, -0.25) is 0 Å². The second-order valence-electron chi connectivity index (χ2n) is 5.44. The number of aliphatic hydroxyl groups excluding tert-OH is 3. The molecule has 0 saturated carbocycles. The monoisotopic (exact) mass is 278 g/mol. The molecule has 1 spiro atoms. The molecule has 0 unspecified atom stereocenters. The first kappa shape index (κ1) is 15.1. The van der Waals surface area contributed by atoms with Gasteiger partial charge in [0.05, 0.1) is 19.3 Å². The van der Waals surface area contributed by atoms with Crippen molar-refractivity contribution in [2.24, 2.45) is 0 Å². The fourth-order valence-electron chi connectivity index (χ4n) is 2.92. The minimum Gasteiger partial charge on any atom is -0.394 e. The van der Waals surface area contributed by atoms with Crippen molar-refractivity contribution in [3.63, 3.8) is 0 Å². The largest absolute Gasteiger partial charge is 0.394 e. The van der Waals surface area contributed by atoms with Gasteiger partial charge in [0.2, 0.25) is 0 Å². The summed E-state index contributed by atoms with van der Waals surface area (Å²) in [5.74, 6) is -0.927. The molecule has 0 aromatic heterocycles.